The number of methoxy groups -OCH3 is 1. The molecule has 1 aromatic carbocycles. The largest absolute Gasteiger partial charge is 0.490 e. The SMILES string of the molecule is COC(c1ccccc1)c1nc2c(o1)CCN(C(=O)c1ncccc1OCCN)C2. The van der Waals surface area contributed by atoms with Gasteiger partial charge in [-0.3, -0.25) is 4.79 Å². The highest BCUT2D eigenvalue weighted by atomic mass is 16.5. The number of amides is 1. The van der Waals surface area contributed by atoms with Crippen LogP contribution < -0.4 is 10.5 Å². The molecule has 8 nitrogen and oxygen atoms in total. The summed E-state index contributed by atoms with van der Waals surface area (Å²) < 4.78 is 17.2. The number of nitrogens with zero attached hydrogens (tertiary/aromatic N) is 3. The summed E-state index contributed by atoms with van der Waals surface area (Å²) in [5.74, 6) is 1.51. The number of nitrogens with two attached hydrogens (primary N) is 1. The van der Waals surface area contributed by atoms with Gasteiger partial charge in [-0.2, -0.15) is 0 Å². The molecule has 8 heteroatoms. The van der Waals surface area contributed by atoms with Crippen molar-refractivity contribution in [3.05, 3.63) is 77.3 Å². The average molecular weight is 408 g/mol. The second-order valence-electron chi connectivity index (χ2n) is 6.91. The fraction of sp³-hybridized carbons (Fsp3) is 0.318. The third-order valence-electron chi connectivity index (χ3n) is 4.94. The van der Waals surface area contributed by atoms with Gasteiger partial charge in [0.15, 0.2) is 17.5 Å². The molecule has 2 aromatic heterocycles. The summed E-state index contributed by atoms with van der Waals surface area (Å²) >= 11 is 0. The molecule has 156 valence electrons. The molecule has 1 aliphatic rings. The molecule has 0 aliphatic carbocycles. The van der Waals surface area contributed by atoms with E-state index in [1.807, 2.05) is 30.3 Å². The van der Waals surface area contributed by atoms with Crippen molar-refractivity contribution in [2.45, 2.75) is 19.1 Å². The van der Waals surface area contributed by atoms with Crippen LogP contribution in [0.2, 0.25) is 0 Å². The number of ether oxygens (including phenoxy) is 2. The van der Waals surface area contributed by atoms with E-state index in [0.717, 1.165) is 17.0 Å². The van der Waals surface area contributed by atoms with E-state index < -0.39 is 6.10 Å². The fourth-order valence-corrected chi connectivity index (χ4v) is 3.50. The summed E-state index contributed by atoms with van der Waals surface area (Å²) in [5, 5.41) is 0. The first-order valence-corrected chi connectivity index (χ1v) is 9.84. The molecule has 1 unspecified atom stereocenters. The number of carbonyl (C=O) groups excluding carboxylic acids is 1. The van der Waals surface area contributed by atoms with E-state index in [9.17, 15) is 4.79 Å². The molecular formula is C22H24N4O4. The van der Waals surface area contributed by atoms with Crippen LogP contribution in [0.1, 0.15) is 39.5 Å². The number of hydrogen-bond donors (Lipinski definition) is 1. The van der Waals surface area contributed by atoms with Crippen LogP contribution in [0, 0.1) is 0 Å². The zero-order chi connectivity index (χ0) is 20.9. The highest BCUT2D eigenvalue weighted by Gasteiger charge is 2.30. The Morgan fingerprint density at radius 1 is 1.27 bits per heavy atom. The van der Waals surface area contributed by atoms with E-state index in [4.69, 9.17) is 19.6 Å². The number of rotatable bonds is 7. The number of hydrogen-bond acceptors (Lipinski definition) is 7. The number of pyridine rings is 1. The van der Waals surface area contributed by atoms with Gasteiger partial charge in [0.2, 0.25) is 5.89 Å². The van der Waals surface area contributed by atoms with Crippen molar-refractivity contribution in [1.29, 1.82) is 0 Å². The van der Waals surface area contributed by atoms with Crippen molar-refractivity contribution >= 4 is 5.91 Å². The van der Waals surface area contributed by atoms with Gasteiger partial charge in [-0.05, 0) is 17.7 Å². The zero-order valence-electron chi connectivity index (χ0n) is 16.8. The first kappa shape index (κ1) is 20.1. The van der Waals surface area contributed by atoms with Crippen molar-refractivity contribution in [3.8, 4) is 5.75 Å². The molecule has 30 heavy (non-hydrogen) atoms. The first-order valence-electron chi connectivity index (χ1n) is 9.84. The average Bonchev–Trinajstić information content (AvgIpc) is 3.21. The maximum atomic E-state index is 13.1. The molecule has 0 fully saturated rings. The first-order chi connectivity index (χ1) is 14.7. The lowest BCUT2D eigenvalue weighted by atomic mass is 10.1. The van der Waals surface area contributed by atoms with Crippen LogP contribution in [0.5, 0.6) is 5.75 Å². The van der Waals surface area contributed by atoms with Gasteiger partial charge in [0.25, 0.3) is 5.91 Å². The van der Waals surface area contributed by atoms with E-state index in [1.54, 1.807) is 30.3 Å². The summed E-state index contributed by atoms with van der Waals surface area (Å²) in [6.45, 7) is 1.53. The Morgan fingerprint density at radius 2 is 2.10 bits per heavy atom. The maximum absolute atomic E-state index is 13.1. The normalized spacial score (nSPS) is 14.3. The van der Waals surface area contributed by atoms with Crippen molar-refractivity contribution in [2.75, 3.05) is 26.8 Å². The topological polar surface area (TPSA) is 104 Å². The van der Waals surface area contributed by atoms with Gasteiger partial charge in [0.1, 0.15) is 18.1 Å². The van der Waals surface area contributed by atoms with E-state index in [0.29, 0.717) is 44.3 Å². The van der Waals surface area contributed by atoms with Crippen LogP contribution in [-0.4, -0.2) is 47.6 Å². The smallest absolute Gasteiger partial charge is 0.276 e. The van der Waals surface area contributed by atoms with Crippen molar-refractivity contribution in [3.63, 3.8) is 0 Å². The molecule has 1 aliphatic heterocycles. The molecule has 0 spiro atoms. The Kier molecular flexibility index (Phi) is 6.06. The van der Waals surface area contributed by atoms with E-state index >= 15 is 0 Å². The fourth-order valence-electron chi connectivity index (χ4n) is 3.50. The van der Waals surface area contributed by atoms with E-state index in [2.05, 4.69) is 9.97 Å². The van der Waals surface area contributed by atoms with Crippen LogP contribution >= 0.6 is 0 Å². The van der Waals surface area contributed by atoms with E-state index in [1.165, 1.54) is 0 Å². The Morgan fingerprint density at radius 3 is 2.87 bits per heavy atom. The highest BCUT2D eigenvalue weighted by molar-refractivity contribution is 5.95. The third-order valence-corrected chi connectivity index (χ3v) is 4.94. The molecular weight excluding hydrogens is 384 g/mol. The minimum atomic E-state index is -0.395. The highest BCUT2D eigenvalue weighted by Crippen LogP contribution is 2.29. The molecule has 1 atom stereocenters. The van der Waals surface area contributed by atoms with Gasteiger partial charge in [-0.1, -0.05) is 30.3 Å². The second-order valence-corrected chi connectivity index (χ2v) is 6.91. The van der Waals surface area contributed by atoms with Gasteiger partial charge < -0.3 is 24.5 Å². The number of carbonyl (C=O) groups is 1. The molecule has 3 aromatic rings. The predicted octanol–water partition coefficient (Wildman–Crippen LogP) is 2.34. The minimum absolute atomic E-state index is 0.204. The quantitative estimate of drug-likeness (QED) is 0.640. The molecule has 0 radical (unpaired) electrons. The third kappa shape index (κ3) is 4.05. The van der Waals surface area contributed by atoms with E-state index in [-0.39, 0.29) is 11.6 Å². The van der Waals surface area contributed by atoms with Crippen molar-refractivity contribution < 1.29 is 18.7 Å². The molecule has 0 saturated carbocycles. The van der Waals surface area contributed by atoms with Gasteiger partial charge in [-0.25, -0.2) is 9.97 Å². The molecule has 1 amide bonds. The number of benzene rings is 1. The summed E-state index contributed by atoms with van der Waals surface area (Å²) in [7, 11) is 1.63. The Balaban J connectivity index is 1.54. The summed E-state index contributed by atoms with van der Waals surface area (Å²) in [6, 6.07) is 13.2. The van der Waals surface area contributed by atoms with Crippen molar-refractivity contribution in [1.82, 2.24) is 14.9 Å². The second kappa shape index (κ2) is 9.06. The van der Waals surface area contributed by atoms with Crippen LogP contribution in [0.3, 0.4) is 0 Å². The van der Waals surface area contributed by atoms with Crippen LogP contribution in [0.25, 0.3) is 0 Å². The molecule has 4 rings (SSSR count). The number of oxazole rings is 1. The lowest BCUT2D eigenvalue weighted by Gasteiger charge is -2.25. The number of aromatic nitrogens is 2. The summed E-state index contributed by atoms with van der Waals surface area (Å²) in [6.07, 6.45) is 1.76. The summed E-state index contributed by atoms with van der Waals surface area (Å²) in [5.41, 5.74) is 7.48. The van der Waals surface area contributed by atoms with Crippen LogP contribution in [0.15, 0.2) is 53.1 Å². The van der Waals surface area contributed by atoms with Crippen molar-refractivity contribution in [2.24, 2.45) is 5.73 Å². The lowest BCUT2D eigenvalue weighted by Crippen LogP contribution is -2.36. The minimum Gasteiger partial charge on any atom is -0.490 e. The Hall–Kier alpha value is -3.23. The number of fused-ring (bicyclic) bond motifs is 1. The Bertz CT molecular complexity index is 1010. The molecule has 0 saturated heterocycles. The maximum Gasteiger partial charge on any atom is 0.276 e. The molecule has 2 N–H and O–H groups in total. The zero-order valence-corrected chi connectivity index (χ0v) is 16.8. The van der Waals surface area contributed by atoms with Gasteiger partial charge in [-0.15, -0.1) is 0 Å². The van der Waals surface area contributed by atoms with Crippen LogP contribution in [-0.2, 0) is 17.7 Å². The Labute approximate surface area is 174 Å². The monoisotopic (exact) mass is 408 g/mol. The molecule has 0 bridgehead atoms. The molecule has 3 heterocycles. The lowest BCUT2D eigenvalue weighted by molar-refractivity contribution is 0.0716. The van der Waals surface area contributed by atoms with Gasteiger partial charge in [0, 0.05) is 32.8 Å². The van der Waals surface area contributed by atoms with Gasteiger partial charge in [0.05, 0.1) is 6.54 Å². The van der Waals surface area contributed by atoms with Crippen LogP contribution in [0.4, 0.5) is 0 Å². The standard InChI is InChI=1S/C22H24N4O4/c1-28-20(15-6-3-2-4-7-15)21-25-16-14-26(12-9-17(16)30-21)22(27)19-18(29-13-10-23)8-5-11-24-19/h2-8,11,20H,9-10,12-14,23H2,1H3. The van der Waals surface area contributed by atoms with Gasteiger partial charge >= 0.3 is 0 Å². The summed E-state index contributed by atoms with van der Waals surface area (Å²) in [4.78, 5) is 23.7. The predicted molar refractivity (Wildman–Crippen MR) is 109 cm³/mol.